The van der Waals surface area contributed by atoms with Crippen molar-refractivity contribution in [2.45, 2.75) is 129 Å². The van der Waals surface area contributed by atoms with E-state index in [9.17, 15) is 26.3 Å². The summed E-state index contributed by atoms with van der Waals surface area (Å²) in [6.07, 6.45) is 15.2. The largest absolute Gasteiger partial charge is 4.00 e. The molecule has 1 rings (SSSR count). The Morgan fingerprint density at radius 3 is 0.786 bits per heavy atom. The third-order valence-corrected chi connectivity index (χ3v) is 6.28. The van der Waals surface area contributed by atoms with E-state index in [2.05, 4.69) is 57.5 Å². The van der Waals surface area contributed by atoms with Crippen molar-refractivity contribution >= 4 is 15.4 Å². The van der Waals surface area contributed by atoms with E-state index in [0.29, 0.717) is 0 Å². The molecule has 0 unspecified atom stereocenters. The number of hydrogen-bond donors (Lipinski definition) is 0. The smallest absolute Gasteiger partial charge is 0.214 e. The van der Waals surface area contributed by atoms with Crippen molar-refractivity contribution in [3.05, 3.63) is 46.3 Å². The maximum Gasteiger partial charge on any atom is 4.00 e. The maximum atomic E-state index is 10.9. The van der Waals surface area contributed by atoms with E-state index in [0.717, 1.165) is 39.3 Å². The summed E-state index contributed by atoms with van der Waals surface area (Å²) in [6.45, 7) is 19.7. The van der Waals surface area contributed by atoms with E-state index >= 15 is 0 Å². The summed E-state index contributed by atoms with van der Waals surface area (Å²) >= 11 is -4.06. The van der Waals surface area contributed by atoms with Crippen molar-refractivity contribution in [1.29, 1.82) is 0 Å². The molecule has 0 atom stereocenters. The molecule has 0 spiro atoms. The Morgan fingerprint density at radius 1 is 0.476 bits per heavy atom. The van der Waals surface area contributed by atoms with Crippen LogP contribution >= 0.6 is 0 Å². The van der Waals surface area contributed by atoms with E-state index in [-0.39, 0.29) is 25.8 Å². The summed E-state index contributed by atoms with van der Waals surface area (Å²) in [4.78, 5) is 0. The van der Waals surface area contributed by atoms with Gasteiger partial charge in [0.25, 0.3) is 0 Å². The van der Waals surface area contributed by atoms with E-state index in [1.165, 1.54) is 77.0 Å². The molecule has 0 saturated carbocycles. The Labute approximate surface area is 280 Å². The molecule has 249 valence electrons. The van der Waals surface area contributed by atoms with Crippen molar-refractivity contribution in [2.75, 3.05) is 39.3 Å². The van der Waals surface area contributed by atoms with Crippen molar-refractivity contribution in [3.8, 4) is 0 Å². The molecule has 0 heterocycles. The minimum Gasteiger partial charge on any atom is -0.214 e. The Bertz CT molecular complexity index is 453. The van der Waals surface area contributed by atoms with Crippen molar-refractivity contribution in [1.82, 2.24) is 0 Å². The van der Waals surface area contributed by atoms with Gasteiger partial charge in [0.05, 0.1) is 0 Å². The molecule has 0 aromatic heterocycles. The molecule has 0 aliphatic heterocycles. The van der Waals surface area contributed by atoms with Gasteiger partial charge in [-0.25, -0.2) is 12.1 Å². The van der Waals surface area contributed by atoms with Crippen LogP contribution in [0.5, 0.6) is 0 Å². The summed E-state index contributed by atoms with van der Waals surface area (Å²) < 4.78 is 65.4. The van der Waals surface area contributed by atoms with Gasteiger partial charge in [-0.3, -0.25) is 0 Å². The minimum absolute atomic E-state index is 0. The molecule has 0 N–H and O–H groups in total. The fourth-order valence-corrected chi connectivity index (χ4v) is 3.24. The standard InChI is InChI=1S/3C8H18N.C5H5.C2HF6Ge.Hf/c3*1-3-5-7-9-8-6-4-2;1-2-4-5-3-1;3-1(4,5)9-2(6,7)8;/h3*3-8H2,1-2H3;1-5H;9H;/q4*-1;;+4. The van der Waals surface area contributed by atoms with E-state index in [4.69, 9.17) is 0 Å². The third kappa shape index (κ3) is 72.5. The normalized spacial score (nSPS) is 10.4. The van der Waals surface area contributed by atoms with Gasteiger partial charge in [-0.1, -0.05) is 119 Å². The van der Waals surface area contributed by atoms with Crippen LogP contribution in [0.15, 0.2) is 30.3 Å². The molecule has 0 aliphatic rings. The zero-order valence-corrected chi connectivity index (χ0v) is 33.3. The molecule has 3 nitrogen and oxygen atoms in total. The molecule has 0 bridgehead atoms. The molecule has 11 heteroatoms. The predicted octanol–water partition coefficient (Wildman–Crippen LogP) is 11.7. The molecule has 1 radical (unpaired) electrons. The van der Waals surface area contributed by atoms with Crippen LogP contribution < -0.4 is 0 Å². The third-order valence-electron chi connectivity index (χ3n) is 4.90. The van der Waals surface area contributed by atoms with Gasteiger partial charge in [-0.2, -0.15) is 18.2 Å². The average molecular weight is 840 g/mol. The Balaban J connectivity index is -0.000000136. The van der Waals surface area contributed by atoms with Gasteiger partial charge in [-0.15, -0.1) is 39.3 Å². The van der Waals surface area contributed by atoms with Crippen LogP contribution in [-0.2, 0) is 25.8 Å². The summed E-state index contributed by atoms with van der Waals surface area (Å²) in [6, 6.07) is 10.0. The second kappa shape index (κ2) is 43.4. The van der Waals surface area contributed by atoms with E-state index in [1.54, 1.807) is 0 Å². The summed E-state index contributed by atoms with van der Waals surface area (Å²) in [5, 5.41) is 3.08. The van der Waals surface area contributed by atoms with Crippen LogP contribution in [0, 0.1) is 0 Å². The molecule has 1 aromatic carbocycles. The number of halogens is 6. The summed E-state index contributed by atoms with van der Waals surface area (Å²) in [7, 11) is 0. The molecule has 42 heavy (non-hydrogen) atoms. The fourth-order valence-electron chi connectivity index (χ4n) is 2.46. The summed E-state index contributed by atoms with van der Waals surface area (Å²) in [5.41, 5.74) is 0. The Kier molecular flexibility index (Phi) is 53.5. The van der Waals surface area contributed by atoms with Crippen LogP contribution in [0.4, 0.5) is 26.3 Å². The quantitative estimate of drug-likeness (QED) is 0.0612. The summed E-state index contributed by atoms with van der Waals surface area (Å²) in [5.74, 6) is 0. The van der Waals surface area contributed by atoms with Crippen LogP contribution in [0.3, 0.4) is 0 Å². The van der Waals surface area contributed by atoms with Gasteiger partial charge < -0.3 is 16.0 Å². The topological polar surface area (TPSA) is 42.3 Å². The second-order valence-electron chi connectivity index (χ2n) is 9.32. The maximum absolute atomic E-state index is 10.9. The number of rotatable bonds is 18. The van der Waals surface area contributed by atoms with Gasteiger partial charge in [-0.05, 0) is 0 Å². The van der Waals surface area contributed by atoms with Crippen LogP contribution in [0.1, 0.15) is 119 Å². The van der Waals surface area contributed by atoms with Crippen LogP contribution in [0.25, 0.3) is 16.0 Å². The number of alkyl halides is 6. The molecule has 0 amide bonds. The first-order chi connectivity index (χ1) is 19.4. The Morgan fingerprint density at radius 2 is 0.690 bits per heavy atom. The van der Waals surface area contributed by atoms with E-state index < -0.39 is 25.4 Å². The van der Waals surface area contributed by atoms with E-state index in [1.807, 2.05) is 30.3 Å². The van der Waals surface area contributed by atoms with Gasteiger partial charge in [0.2, 0.25) is 0 Å². The van der Waals surface area contributed by atoms with Crippen LogP contribution in [-0.4, -0.2) is 64.7 Å². The molecule has 1 aromatic rings. The zero-order valence-electron chi connectivity index (χ0n) is 27.3. The number of unbranched alkanes of at least 4 members (excludes halogenated alkanes) is 6. The molecule has 0 fully saturated rings. The number of nitrogens with zero attached hydrogens (tertiary/aromatic N) is 3. The first-order valence-electron chi connectivity index (χ1n) is 15.5. The fraction of sp³-hybridized carbons (Fsp3) is 0.839. The monoisotopic (exact) mass is 842 g/mol. The first-order valence-corrected chi connectivity index (χ1v) is 17.9. The van der Waals surface area contributed by atoms with Crippen molar-refractivity contribution in [2.24, 2.45) is 0 Å². The molecular formula is C31H60F6GeHfN3. The van der Waals surface area contributed by atoms with Crippen molar-refractivity contribution < 1.29 is 52.2 Å². The van der Waals surface area contributed by atoms with Gasteiger partial charge in [0, 0.05) is 0 Å². The molecular weight excluding hydrogens is 779 g/mol. The SMILES string of the molecule is CCCC[N-]CCCC.CCCC[N-]CCCC.CCCC[N-]CCCC.F[C](F)(F)[GeH][C](F)(F)F.[Hf+4].c1cc[cH-]c1. The number of hydrogen-bond acceptors (Lipinski definition) is 0. The van der Waals surface area contributed by atoms with Crippen molar-refractivity contribution in [3.63, 3.8) is 0 Å². The molecule has 0 saturated heterocycles. The second-order valence-corrected chi connectivity index (χ2v) is 12.7. The Hall–Kier alpha value is 0.223. The van der Waals surface area contributed by atoms with Gasteiger partial charge in [0.1, 0.15) is 0 Å². The average Bonchev–Trinajstić information content (AvgIpc) is 3.48. The first kappa shape index (κ1) is 51.8. The van der Waals surface area contributed by atoms with Gasteiger partial charge >= 0.3 is 77.6 Å². The minimum atomic E-state index is -4.98. The molecule has 0 aliphatic carbocycles. The van der Waals surface area contributed by atoms with Gasteiger partial charge in [0.15, 0.2) is 0 Å². The predicted molar refractivity (Wildman–Crippen MR) is 170 cm³/mol. The van der Waals surface area contributed by atoms with Crippen LogP contribution in [0.2, 0.25) is 0 Å². The zero-order chi connectivity index (χ0) is 32.1.